The molecule has 20 heavy (non-hydrogen) atoms. The van der Waals surface area contributed by atoms with Gasteiger partial charge in [0.15, 0.2) is 0 Å². The van der Waals surface area contributed by atoms with Crippen LogP contribution in [0.15, 0.2) is 0 Å². The molecular formula is C8H16N8S4. The summed E-state index contributed by atoms with van der Waals surface area (Å²) < 4.78 is 0. The first kappa shape index (κ1) is 163. The molecule has 0 aliphatic carbocycles. The van der Waals surface area contributed by atoms with E-state index in [1.807, 2.05) is 0 Å². The Bertz CT molecular complexity index is 140. The summed E-state index contributed by atoms with van der Waals surface area (Å²) in [5.74, 6) is 0. The second-order valence-electron chi connectivity index (χ2n) is 0. The molecule has 0 heterocycles. The lowest BCUT2D eigenvalue weighted by Gasteiger charge is -0.668. The summed E-state index contributed by atoms with van der Waals surface area (Å²) >= 11 is 0. The highest BCUT2D eigenvalue weighted by Gasteiger charge is 0.527. The van der Waals surface area contributed by atoms with Crippen LogP contribution in [-0.2, 0) is 0 Å². The van der Waals surface area contributed by atoms with Gasteiger partial charge >= 0.3 is 0 Å². The van der Waals surface area contributed by atoms with Gasteiger partial charge in [0.1, 0.15) is 0 Å². The lowest BCUT2D eigenvalue weighted by Crippen LogP contribution is -0.569. The minimum atomic E-state index is 0. The van der Waals surface area contributed by atoms with Gasteiger partial charge in [-0.25, -0.2) is 42.1 Å². The lowest BCUT2D eigenvalue weighted by atomic mass is 11.9. The molecule has 0 N–H and O–H groups in total. The van der Waals surface area contributed by atoms with Crippen LogP contribution in [0.2, 0.25) is 0 Å². The smallest absolute Gasteiger partial charge is 0.0462 e. The van der Waals surface area contributed by atoms with Crippen molar-refractivity contribution in [1.82, 2.24) is 0 Å². The van der Waals surface area contributed by atoms with E-state index in [4.69, 9.17) is 42.1 Å². The SMILES string of the molecule is C#N.C#N.C#N.C#N.C#N.C#N.C#N.C#N.S.S.S.S. The van der Waals surface area contributed by atoms with Crippen LogP contribution in [0.1, 0.15) is 0 Å². The Morgan fingerprint density at radius 3 is 0.200 bits per heavy atom. The normalized spacial score (nSPS) is 0.800. The molecule has 0 bridgehead atoms. The zero-order valence-electron chi connectivity index (χ0n) is 10.2. The van der Waals surface area contributed by atoms with E-state index in [0.29, 0.717) is 0 Å². The third-order valence-corrected chi connectivity index (χ3v) is 0. The molecule has 8 nitrogen and oxygen atoms in total. The Morgan fingerprint density at radius 2 is 0.200 bits per heavy atom. The van der Waals surface area contributed by atoms with Crippen molar-refractivity contribution in [2.24, 2.45) is 0 Å². The van der Waals surface area contributed by atoms with E-state index in [-0.39, 0.29) is 54.0 Å². The zero-order chi connectivity index (χ0) is 16.0. The summed E-state index contributed by atoms with van der Waals surface area (Å²) in [7, 11) is 0. The average Bonchev–Trinajstić information content (AvgIpc) is 2.54. The van der Waals surface area contributed by atoms with E-state index in [0.717, 1.165) is 0 Å². The number of nitrogens with zero attached hydrogens (tertiary/aromatic N) is 8. The van der Waals surface area contributed by atoms with Gasteiger partial charge in [0.05, 0.1) is 0 Å². The van der Waals surface area contributed by atoms with Crippen LogP contribution in [0.3, 0.4) is 0 Å². The van der Waals surface area contributed by atoms with E-state index < -0.39 is 0 Å². The molecule has 0 spiro atoms. The molecule has 0 saturated carbocycles. The van der Waals surface area contributed by atoms with Crippen molar-refractivity contribution >= 4 is 54.0 Å². The molecule has 112 valence electrons. The molecule has 0 fully saturated rings. The molecule has 0 aromatic rings. The Morgan fingerprint density at radius 1 is 0.200 bits per heavy atom. The van der Waals surface area contributed by atoms with Crippen molar-refractivity contribution in [3.63, 3.8) is 0 Å². The first-order valence-corrected chi connectivity index (χ1v) is 2.07. The minimum absolute atomic E-state index is 0. The predicted octanol–water partition coefficient (Wildman–Crippen LogP) is 1.57. The van der Waals surface area contributed by atoms with Gasteiger partial charge < -0.3 is 0 Å². The predicted molar refractivity (Wildman–Crippen MR) is 94.9 cm³/mol. The van der Waals surface area contributed by atoms with Crippen LogP contribution in [0.5, 0.6) is 0 Å². The van der Waals surface area contributed by atoms with E-state index >= 15 is 0 Å². The van der Waals surface area contributed by atoms with Gasteiger partial charge in [-0.1, -0.05) is 0 Å². The fourth-order valence-electron chi connectivity index (χ4n) is 0. The highest BCUT2D eigenvalue weighted by Crippen LogP contribution is 0.652. The zero-order valence-corrected chi connectivity index (χ0v) is 14.2. The highest BCUT2D eigenvalue weighted by molar-refractivity contribution is 7.59. The third-order valence-electron chi connectivity index (χ3n) is 0. The van der Waals surface area contributed by atoms with Crippen molar-refractivity contribution < 1.29 is 0 Å². The van der Waals surface area contributed by atoms with Gasteiger partial charge in [0, 0.05) is 52.6 Å². The fraction of sp³-hybridized carbons (Fsp3) is 0. The van der Waals surface area contributed by atoms with Crippen LogP contribution in [0, 0.1) is 94.7 Å². The summed E-state index contributed by atoms with van der Waals surface area (Å²) in [6.45, 7) is 28.0. The Hall–Kier alpha value is -2.68. The van der Waals surface area contributed by atoms with Gasteiger partial charge in [-0.2, -0.15) is 54.0 Å². The van der Waals surface area contributed by atoms with Gasteiger partial charge in [-0.05, 0) is 0 Å². The van der Waals surface area contributed by atoms with Crippen molar-refractivity contribution in [3.05, 3.63) is 0 Å². The molecule has 0 aliphatic rings. The molecule has 0 aromatic carbocycles. The first-order valence-electron chi connectivity index (χ1n) is 2.07. The molecule has 0 aromatic heterocycles. The Kier molecular flexibility index (Phi) is 4350. The van der Waals surface area contributed by atoms with Gasteiger partial charge in [-0.3, -0.25) is 0 Å². The lowest BCUT2D eigenvalue weighted by molar-refractivity contribution is 1.58. The second-order valence-corrected chi connectivity index (χ2v) is 0. The van der Waals surface area contributed by atoms with Crippen molar-refractivity contribution in [2.75, 3.05) is 0 Å². The van der Waals surface area contributed by atoms with E-state index in [2.05, 4.69) is 52.6 Å². The van der Waals surface area contributed by atoms with Crippen LogP contribution >= 0.6 is 54.0 Å². The van der Waals surface area contributed by atoms with Gasteiger partial charge in [-0.15, -0.1) is 0 Å². The van der Waals surface area contributed by atoms with Crippen LogP contribution in [0.25, 0.3) is 0 Å². The largest absolute Gasteiger partial charge is 0.202 e. The summed E-state index contributed by atoms with van der Waals surface area (Å²) in [6, 6.07) is 0. The molecule has 0 rings (SSSR count). The minimum Gasteiger partial charge on any atom is -0.202 e. The first-order chi connectivity index (χ1) is 8.00. The number of rotatable bonds is 0. The van der Waals surface area contributed by atoms with Gasteiger partial charge in [0.25, 0.3) is 0 Å². The third kappa shape index (κ3) is 437. The number of hydrogen-bond donors (Lipinski definition) is 0. The second kappa shape index (κ2) is 533. The van der Waals surface area contributed by atoms with Crippen LogP contribution < -0.4 is 0 Å². The van der Waals surface area contributed by atoms with E-state index in [1.165, 1.54) is 0 Å². The maximum Gasteiger partial charge on any atom is 0.0462 e. The molecule has 0 unspecified atom stereocenters. The van der Waals surface area contributed by atoms with Crippen molar-refractivity contribution in [3.8, 4) is 52.6 Å². The standard InChI is InChI=1S/8CHN.4H2S/c8*1-2;;;;/h8*1H;4*1H2. The average molecular weight is 353 g/mol. The Balaban J connectivity index is -0.00000000356. The Labute approximate surface area is 148 Å². The molecule has 0 amide bonds. The van der Waals surface area contributed by atoms with Crippen molar-refractivity contribution in [2.45, 2.75) is 0 Å². The molecule has 0 saturated heterocycles. The molecule has 0 atom stereocenters. The fourth-order valence-corrected chi connectivity index (χ4v) is 0. The monoisotopic (exact) mass is 352 g/mol. The molecule has 0 radical (unpaired) electrons. The summed E-state index contributed by atoms with van der Waals surface area (Å²) in [4.78, 5) is 0. The van der Waals surface area contributed by atoms with Crippen molar-refractivity contribution in [1.29, 1.82) is 42.1 Å². The number of nitriles is 8. The summed E-state index contributed by atoms with van der Waals surface area (Å²) in [5.41, 5.74) is 0. The molecular weight excluding hydrogens is 336 g/mol. The topological polar surface area (TPSA) is 190 Å². The summed E-state index contributed by atoms with van der Waals surface area (Å²) in [5, 5.41) is 52.0. The summed E-state index contributed by atoms with van der Waals surface area (Å²) in [6.07, 6.45) is 0. The maximum absolute atomic E-state index is 6.50. The highest BCUT2D eigenvalue weighted by atomic mass is 32.1. The molecule has 0 aliphatic heterocycles. The van der Waals surface area contributed by atoms with E-state index in [9.17, 15) is 0 Å². The van der Waals surface area contributed by atoms with Crippen LogP contribution in [0.4, 0.5) is 0 Å². The quantitative estimate of drug-likeness (QED) is 0.626. The maximum atomic E-state index is 6.50. The van der Waals surface area contributed by atoms with E-state index in [1.54, 1.807) is 0 Å². The van der Waals surface area contributed by atoms with Crippen LogP contribution in [-0.4, -0.2) is 0 Å². The number of hydrogen-bond acceptors (Lipinski definition) is 8. The molecule has 12 heteroatoms. The van der Waals surface area contributed by atoms with Gasteiger partial charge in [0.2, 0.25) is 0 Å².